The van der Waals surface area contributed by atoms with E-state index >= 15 is 0 Å². The summed E-state index contributed by atoms with van der Waals surface area (Å²) >= 11 is 0. The molecule has 5 nitrogen and oxygen atoms in total. The molecule has 30 heavy (non-hydrogen) atoms. The minimum absolute atomic E-state index is 0.0652. The molecule has 2 rings (SSSR count). The Labute approximate surface area is 184 Å². The van der Waals surface area contributed by atoms with Gasteiger partial charge in [0.2, 0.25) is 0 Å². The van der Waals surface area contributed by atoms with Gasteiger partial charge >= 0.3 is 11.9 Å². The first-order chi connectivity index (χ1) is 14.0. The smallest absolute Gasteiger partial charge is 0.332 e. The summed E-state index contributed by atoms with van der Waals surface area (Å²) in [5.74, 6) is 3.28. The highest BCUT2D eigenvalue weighted by Gasteiger charge is 2.34. The number of hydrogen-bond acceptors (Lipinski definition) is 5. The molecule has 5 heteroatoms. The Morgan fingerprint density at radius 1 is 0.800 bits per heavy atom. The zero-order valence-electron chi connectivity index (χ0n) is 20.6. The lowest BCUT2D eigenvalue weighted by atomic mass is 9.75. The normalized spacial score (nSPS) is 31.7. The molecule has 0 aromatic heterocycles. The lowest BCUT2D eigenvalue weighted by Crippen LogP contribution is -2.36. The van der Waals surface area contributed by atoms with Crippen molar-refractivity contribution in [2.45, 2.75) is 99.2 Å². The van der Waals surface area contributed by atoms with Gasteiger partial charge in [-0.15, -0.1) is 0 Å². The molecule has 0 heterocycles. The molecular formula is C25H46O5. The standard InChI is InChI=1S/C13H24O3.C12H22O2/c1-9(2)11-6-5-10(3)7-12(11)16-13(14)8-15-4;1-8(2)11-6-5-9(3)7-12(11)14-10(4)13/h9-12H,5-8H2,1-4H3;8-9,11-12H,5-7H2,1-4H3. The summed E-state index contributed by atoms with van der Waals surface area (Å²) in [6.45, 7) is 14.9. The quantitative estimate of drug-likeness (QED) is 0.514. The van der Waals surface area contributed by atoms with Gasteiger partial charge < -0.3 is 14.2 Å². The van der Waals surface area contributed by atoms with Crippen LogP contribution in [0.2, 0.25) is 0 Å². The Bertz CT molecular complexity index is 516. The van der Waals surface area contributed by atoms with Gasteiger partial charge in [-0.2, -0.15) is 0 Å². The summed E-state index contributed by atoms with van der Waals surface area (Å²) in [6.07, 6.45) is 7.20. The molecule has 2 aliphatic rings. The van der Waals surface area contributed by atoms with Gasteiger partial charge in [-0.25, -0.2) is 4.79 Å². The highest BCUT2D eigenvalue weighted by molar-refractivity contribution is 5.70. The molecule has 6 atom stereocenters. The molecule has 0 spiro atoms. The van der Waals surface area contributed by atoms with Gasteiger partial charge in [0, 0.05) is 14.0 Å². The second-order valence-electron chi connectivity index (χ2n) is 10.3. The van der Waals surface area contributed by atoms with Gasteiger partial charge in [0.1, 0.15) is 18.8 Å². The van der Waals surface area contributed by atoms with Crippen molar-refractivity contribution in [2.24, 2.45) is 35.5 Å². The topological polar surface area (TPSA) is 61.8 Å². The molecule has 0 N–H and O–H groups in total. The average Bonchev–Trinajstić information content (AvgIpc) is 2.61. The number of ether oxygens (including phenoxy) is 3. The molecule has 6 unspecified atom stereocenters. The van der Waals surface area contributed by atoms with Crippen LogP contribution in [0.5, 0.6) is 0 Å². The predicted octanol–water partition coefficient (Wildman–Crippen LogP) is 5.65. The summed E-state index contributed by atoms with van der Waals surface area (Å²) < 4.78 is 15.7. The van der Waals surface area contributed by atoms with Crippen LogP contribution in [0.1, 0.15) is 87.0 Å². The molecule has 0 radical (unpaired) electrons. The van der Waals surface area contributed by atoms with Crippen molar-refractivity contribution in [2.75, 3.05) is 13.7 Å². The minimum Gasteiger partial charge on any atom is -0.462 e. The summed E-state index contributed by atoms with van der Waals surface area (Å²) in [4.78, 5) is 22.4. The molecular weight excluding hydrogens is 380 g/mol. The fourth-order valence-electron chi connectivity index (χ4n) is 5.03. The highest BCUT2D eigenvalue weighted by Crippen LogP contribution is 2.36. The zero-order valence-corrected chi connectivity index (χ0v) is 20.6. The Hall–Kier alpha value is -1.10. The van der Waals surface area contributed by atoms with Gasteiger partial charge in [-0.3, -0.25) is 4.79 Å². The molecule has 176 valence electrons. The lowest BCUT2D eigenvalue weighted by Gasteiger charge is -2.36. The van der Waals surface area contributed by atoms with Crippen LogP contribution in [-0.2, 0) is 23.8 Å². The van der Waals surface area contributed by atoms with E-state index in [2.05, 4.69) is 41.5 Å². The van der Waals surface area contributed by atoms with Crippen molar-refractivity contribution >= 4 is 11.9 Å². The van der Waals surface area contributed by atoms with Gasteiger partial charge in [0.15, 0.2) is 0 Å². The molecule has 0 aliphatic heterocycles. The fourth-order valence-corrected chi connectivity index (χ4v) is 5.03. The third-order valence-electron chi connectivity index (χ3n) is 6.78. The maximum Gasteiger partial charge on any atom is 0.332 e. The van der Waals surface area contributed by atoms with Crippen LogP contribution in [0.3, 0.4) is 0 Å². The Morgan fingerprint density at radius 3 is 1.60 bits per heavy atom. The first kappa shape index (κ1) is 26.9. The maximum absolute atomic E-state index is 11.4. The van der Waals surface area contributed by atoms with Crippen molar-refractivity contribution in [3.05, 3.63) is 0 Å². The van der Waals surface area contributed by atoms with Gasteiger partial charge in [-0.05, 0) is 61.2 Å². The van der Waals surface area contributed by atoms with E-state index in [1.54, 1.807) is 0 Å². The van der Waals surface area contributed by atoms with Crippen LogP contribution in [0.15, 0.2) is 0 Å². The second kappa shape index (κ2) is 13.3. The predicted molar refractivity (Wildman–Crippen MR) is 120 cm³/mol. The van der Waals surface area contributed by atoms with Crippen LogP contribution in [0, 0.1) is 35.5 Å². The monoisotopic (exact) mass is 426 g/mol. The Morgan fingerprint density at radius 2 is 1.23 bits per heavy atom. The van der Waals surface area contributed by atoms with Crippen molar-refractivity contribution in [3.8, 4) is 0 Å². The molecule has 0 amide bonds. The van der Waals surface area contributed by atoms with Gasteiger partial charge in [-0.1, -0.05) is 54.4 Å². The van der Waals surface area contributed by atoms with Crippen LogP contribution in [-0.4, -0.2) is 37.9 Å². The van der Waals surface area contributed by atoms with E-state index in [4.69, 9.17) is 14.2 Å². The summed E-state index contributed by atoms with van der Waals surface area (Å²) in [6, 6.07) is 0. The zero-order chi connectivity index (χ0) is 22.8. The van der Waals surface area contributed by atoms with E-state index < -0.39 is 0 Å². The van der Waals surface area contributed by atoms with Gasteiger partial charge in [0.05, 0.1) is 0 Å². The van der Waals surface area contributed by atoms with Gasteiger partial charge in [0.25, 0.3) is 0 Å². The molecule has 0 aromatic rings. The molecule has 2 fully saturated rings. The first-order valence-corrected chi connectivity index (χ1v) is 11.9. The first-order valence-electron chi connectivity index (χ1n) is 11.9. The molecule has 0 aromatic carbocycles. The molecule has 2 aliphatic carbocycles. The summed E-state index contributed by atoms with van der Waals surface area (Å²) in [5.41, 5.74) is 0. The van der Waals surface area contributed by atoms with E-state index in [1.807, 2.05) is 0 Å². The van der Waals surface area contributed by atoms with Crippen molar-refractivity contribution < 1.29 is 23.8 Å². The third kappa shape index (κ3) is 9.36. The molecule has 2 saturated carbocycles. The highest BCUT2D eigenvalue weighted by atomic mass is 16.6. The molecule has 0 saturated heterocycles. The van der Waals surface area contributed by atoms with Crippen molar-refractivity contribution in [1.29, 1.82) is 0 Å². The van der Waals surface area contributed by atoms with Crippen LogP contribution >= 0.6 is 0 Å². The van der Waals surface area contributed by atoms with Crippen molar-refractivity contribution in [3.63, 3.8) is 0 Å². The number of carbonyl (C=O) groups is 2. The maximum atomic E-state index is 11.4. The number of methoxy groups -OCH3 is 1. The number of esters is 2. The second-order valence-corrected chi connectivity index (χ2v) is 10.3. The lowest BCUT2D eigenvalue weighted by molar-refractivity contribution is -0.160. The average molecular weight is 427 g/mol. The number of carbonyl (C=O) groups excluding carboxylic acids is 2. The summed E-state index contributed by atoms with van der Waals surface area (Å²) in [5, 5.41) is 0. The Kier molecular flexibility index (Phi) is 12.0. The Balaban J connectivity index is 0.000000303. The van der Waals surface area contributed by atoms with Crippen molar-refractivity contribution in [1.82, 2.24) is 0 Å². The van der Waals surface area contributed by atoms with E-state index in [0.29, 0.717) is 35.5 Å². The SMILES string of the molecule is CC(=O)OC1CC(C)CCC1C(C)C.COCC(=O)OC1CC(C)CCC1C(C)C. The van der Waals surface area contributed by atoms with E-state index in [0.717, 1.165) is 12.8 Å². The van der Waals surface area contributed by atoms with Crippen LogP contribution < -0.4 is 0 Å². The van der Waals surface area contributed by atoms with E-state index in [9.17, 15) is 9.59 Å². The minimum atomic E-state index is -0.229. The molecule has 0 bridgehead atoms. The van der Waals surface area contributed by atoms with E-state index in [1.165, 1.54) is 39.7 Å². The fraction of sp³-hybridized carbons (Fsp3) is 0.920. The van der Waals surface area contributed by atoms with Crippen LogP contribution in [0.4, 0.5) is 0 Å². The number of rotatable bonds is 6. The number of hydrogen-bond donors (Lipinski definition) is 0. The third-order valence-corrected chi connectivity index (χ3v) is 6.78. The largest absolute Gasteiger partial charge is 0.462 e. The van der Waals surface area contributed by atoms with Crippen LogP contribution in [0.25, 0.3) is 0 Å². The summed E-state index contributed by atoms with van der Waals surface area (Å²) in [7, 11) is 1.52. The van der Waals surface area contributed by atoms with E-state index in [-0.39, 0.29) is 30.8 Å².